The van der Waals surface area contributed by atoms with Crippen molar-refractivity contribution >= 4 is 11.6 Å². The van der Waals surface area contributed by atoms with Crippen LogP contribution < -0.4 is 10.2 Å². The summed E-state index contributed by atoms with van der Waals surface area (Å²) in [5, 5.41) is 12.4. The minimum Gasteiger partial charge on any atom is -0.370 e. The Bertz CT molecular complexity index is 777. The van der Waals surface area contributed by atoms with Crippen LogP contribution >= 0.6 is 0 Å². The smallest absolute Gasteiger partial charge is 0.253 e. The summed E-state index contributed by atoms with van der Waals surface area (Å²) in [6, 6.07) is 19.5. The Labute approximate surface area is 154 Å². The molecule has 1 heterocycles. The number of hydrogen-bond donors (Lipinski definition) is 1. The number of piperidine rings is 1. The van der Waals surface area contributed by atoms with Gasteiger partial charge in [0.25, 0.3) is 5.91 Å². The van der Waals surface area contributed by atoms with Crippen molar-refractivity contribution in [3.8, 4) is 6.07 Å². The number of benzene rings is 2. The Hall–Kier alpha value is -2.84. The molecular weight excluding hydrogens is 326 g/mol. The fourth-order valence-corrected chi connectivity index (χ4v) is 3.41. The standard InChI is InChI=1S/C21H23N3O2/c1-26-20(16-7-3-2-4-8-16)21(25)23-18-11-13-24(14-12-18)19-10-6-5-9-17(19)15-22/h2-10,18,20H,11-14H2,1H3,(H,23,25). The first-order valence-corrected chi connectivity index (χ1v) is 8.85. The number of carbonyl (C=O) groups is 1. The summed E-state index contributed by atoms with van der Waals surface area (Å²) in [6.45, 7) is 1.62. The summed E-state index contributed by atoms with van der Waals surface area (Å²) in [5.74, 6) is -0.102. The van der Waals surface area contributed by atoms with Crippen molar-refractivity contribution in [2.45, 2.75) is 25.0 Å². The Kier molecular flexibility index (Phi) is 5.88. The van der Waals surface area contributed by atoms with Gasteiger partial charge in [0.15, 0.2) is 6.10 Å². The van der Waals surface area contributed by atoms with Gasteiger partial charge in [0.1, 0.15) is 6.07 Å². The van der Waals surface area contributed by atoms with Crippen molar-refractivity contribution in [3.63, 3.8) is 0 Å². The number of ether oxygens (including phenoxy) is 1. The van der Waals surface area contributed by atoms with Gasteiger partial charge >= 0.3 is 0 Å². The second-order valence-electron chi connectivity index (χ2n) is 6.43. The van der Waals surface area contributed by atoms with Gasteiger partial charge in [0, 0.05) is 26.2 Å². The Morgan fingerprint density at radius 1 is 1.15 bits per heavy atom. The third-order valence-corrected chi connectivity index (χ3v) is 4.78. The summed E-state index contributed by atoms with van der Waals surface area (Å²) in [5.41, 5.74) is 2.52. The highest BCUT2D eigenvalue weighted by molar-refractivity contribution is 5.82. The predicted octanol–water partition coefficient (Wildman–Crippen LogP) is 3.03. The van der Waals surface area contributed by atoms with Crippen LogP contribution in [0.5, 0.6) is 0 Å². The maximum atomic E-state index is 12.6. The molecule has 2 aromatic carbocycles. The SMILES string of the molecule is COC(C(=O)NC1CCN(c2ccccc2C#N)CC1)c1ccccc1. The number of hydrogen-bond acceptors (Lipinski definition) is 4. The number of rotatable bonds is 5. The molecule has 3 rings (SSSR count). The van der Waals surface area contributed by atoms with Gasteiger partial charge in [-0.05, 0) is 30.5 Å². The van der Waals surface area contributed by atoms with Crippen molar-refractivity contribution in [1.82, 2.24) is 5.32 Å². The van der Waals surface area contributed by atoms with E-state index in [2.05, 4.69) is 16.3 Å². The van der Waals surface area contributed by atoms with E-state index >= 15 is 0 Å². The lowest BCUT2D eigenvalue weighted by atomic mass is 10.0. The molecule has 1 fully saturated rings. The van der Waals surface area contributed by atoms with Gasteiger partial charge in [-0.1, -0.05) is 42.5 Å². The summed E-state index contributed by atoms with van der Waals surface area (Å²) >= 11 is 0. The first kappa shape index (κ1) is 18.0. The first-order chi connectivity index (χ1) is 12.7. The second-order valence-corrected chi connectivity index (χ2v) is 6.43. The van der Waals surface area contributed by atoms with Gasteiger partial charge in [-0.3, -0.25) is 4.79 Å². The Morgan fingerprint density at radius 2 is 1.81 bits per heavy atom. The average Bonchev–Trinajstić information content (AvgIpc) is 2.70. The van der Waals surface area contributed by atoms with Crippen molar-refractivity contribution in [2.75, 3.05) is 25.1 Å². The van der Waals surface area contributed by atoms with Crippen LogP contribution in [-0.4, -0.2) is 32.1 Å². The molecule has 0 aromatic heterocycles. The third kappa shape index (κ3) is 4.04. The van der Waals surface area contributed by atoms with Crippen molar-refractivity contribution < 1.29 is 9.53 Å². The van der Waals surface area contributed by atoms with E-state index in [1.807, 2.05) is 54.6 Å². The van der Waals surface area contributed by atoms with E-state index in [0.29, 0.717) is 5.56 Å². The topological polar surface area (TPSA) is 65.4 Å². The van der Waals surface area contributed by atoms with Crippen molar-refractivity contribution in [1.29, 1.82) is 5.26 Å². The number of nitrogens with zero attached hydrogens (tertiary/aromatic N) is 2. The minimum absolute atomic E-state index is 0.102. The summed E-state index contributed by atoms with van der Waals surface area (Å²) in [6.07, 6.45) is 1.10. The lowest BCUT2D eigenvalue weighted by Gasteiger charge is -2.34. The molecule has 1 N–H and O–H groups in total. The van der Waals surface area contributed by atoms with Crippen LogP contribution in [0.1, 0.15) is 30.1 Å². The average molecular weight is 349 g/mol. The molecule has 0 saturated carbocycles. The molecule has 1 aliphatic heterocycles. The van der Waals surface area contributed by atoms with Gasteiger partial charge in [-0.25, -0.2) is 0 Å². The fourth-order valence-electron chi connectivity index (χ4n) is 3.41. The van der Waals surface area contributed by atoms with Crippen LogP contribution in [-0.2, 0) is 9.53 Å². The molecule has 1 unspecified atom stereocenters. The van der Waals surface area contributed by atoms with Gasteiger partial charge in [0.2, 0.25) is 0 Å². The molecule has 26 heavy (non-hydrogen) atoms. The van der Waals surface area contributed by atoms with E-state index in [4.69, 9.17) is 4.74 Å². The molecule has 5 heteroatoms. The third-order valence-electron chi connectivity index (χ3n) is 4.78. The van der Waals surface area contributed by atoms with E-state index in [1.165, 1.54) is 0 Å². The van der Waals surface area contributed by atoms with Gasteiger partial charge < -0.3 is 15.0 Å². The van der Waals surface area contributed by atoms with Gasteiger partial charge in [-0.2, -0.15) is 5.26 Å². The molecule has 0 radical (unpaired) electrons. The van der Waals surface area contributed by atoms with Crippen LogP contribution in [0.15, 0.2) is 54.6 Å². The normalized spacial score (nSPS) is 15.9. The highest BCUT2D eigenvalue weighted by Crippen LogP contribution is 2.24. The number of para-hydroxylation sites is 1. The molecule has 0 spiro atoms. The highest BCUT2D eigenvalue weighted by atomic mass is 16.5. The monoisotopic (exact) mass is 349 g/mol. The van der Waals surface area contributed by atoms with Crippen LogP contribution in [0, 0.1) is 11.3 Å². The van der Waals surface area contributed by atoms with Crippen molar-refractivity contribution in [3.05, 3.63) is 65.7 Å². The van der Waals surface area contributed by atoms with E-state index in [9.17, 15) is 10.1 Å². The molecule has 2 aromatic rings. The second kappa shape index (κ2) is 8.50. The minimum atomic E-state index is -0.589. The Morgan fingerprint density at radius 3 is 2.46 bits per heavy atom. The predicted molar refractivity (Wildman–Crippen MR) is 101 cm³/mol. The van der Waals surface area contributed by atoms with E-state index in [1.54, 1.807) is 7.11 Å². The maximum absolute atomic E-state index is 12.6. The number of amides is 1. The van der Waals surface area contributed by atoms with Crippen molar-refractivity contribution in [2.24, 2.45) is 0 Å². The molecule has 1 amide bonds. The highest BCUT2D eigenvalue weighted by Gasteiger charge is 2.26. The molecular formula is C21H23N3O2. The number of anilines is 1. The largest absolute Gasteiger partial charge is 0.370 e. The lowest BCUT2D eigenvalue weighted by molar-refractivity contribution is -0.132. The molecule has 1 atom stereocenters. The lowest BCUT2D eigenvalue weighted by Crippen LogP contribution is -2.46. The molecule has 134 valence electrons. The quantitative estimate of drug-likeness (QED) is 0.901. The van der Waals surface area contributed by atoms with Crippen LogP contribution in [0.2, 0.25) is 0 Å². The molecule has 5 nitrogen and oxygen atoms in total. The first-order valence-electron chi connectivity index (χ1n) is 8.85. The molecule has 0 aliphatic carbocycles. The van der Waals surface area contributed by atoms with Crippen LogP contribution in [0.25, 0.3) is 0 Å². The summed E-state index contributed by atoms with van der Waals surface area (Å²) in [7, 11) is 1.55. The summed E-state index contributed by atoms with van der Waals surface area (Å²) in [4.78, 5) is 14.8. The number of methoxy groups -OCH3 is 1. The number of nitrogens with one attached hydrogen (secondary N) is 1. The molecule has 1 aliphatic rings. The Balaban J connectivity index is 1.58. The number of nitriles is 1. The van der Waals surface area contributed by atoms with Crippen LogP contribution in [0.4, 0.5) is 5.69 Å². The fraction of sp³-hybridized carbons (Fsp3) is 0.333. The van der Waals surface area contributed by atoms with E-state index < -0.39 is 6.10 Å². The van der Waals surface area contributed by atoms with Gasteiger partial charge in [0.05, 0.1) is 11.3 Å². The van der Waals surface area contributed by atoms with E-state index in [0.717, 1.165) is 37.2 Å². The zero-order valence-electron chi connectivity index (χ0n) is 14.9. The zero-order chi connectivity index (χ0) is 18.4. The number of carbonyl (C=O) groups excluding carboxylic acids is 1. The maximum Gasteiger partial charge on any atom is 0.253 e. The zero-order valence-corrected chi connectivity index (χ0v) is 14.9. The molecule has 0 bridgehead atoms. The summed E-state index contributed by atoms with van der Waals surface area (Å²) < 4.78 is 5.40. The van der Waals surface area contributed by atoms with Gasteiger partial charge in [-0.15, -0.1) is 0 Å². The molecule has 1 saturated heterocycles. The van der Waals surface area contributed by atoms with E-state index in [-0.39, 0.29) is 11.9 Å². The van der Waals surface area contributed by atoms with Crippen LogP contribution in [0.3, 0.4) is 0 Å².